The van der Waals surface area contributed by atoms with Crippen LogP contribution in [0.3, 0.4) is 0 Å². The van der Waals surface area contributed by atoms with E-state index in [-0.39, 0.29) is 0 Å². The molecular formula is C17H20N2O3. The summed E-state index contributed by atoms with van der Waals surface area (Å²) in [6, 6.07) is 7.88. The van der Waals surface area contributed by atoms with Crippen molar-refractivity contribution in [2.24, 2.45) is 5.73 Å². The van der Waals surface area contributed by atoms with E-state index in [4.69, 9.17) is 15.2 Å². The summed E-state index contributed by atoms with van der Waals surface area (Å²) >= 11 is 0. The number of hydrogen-bond donors (Lipinski definition) is 1. The Bertz CT molecular complexity index is 684. The van der Waals surface area contributed by atoms with Crippen LogP contribution in [-0.2, 0) is 6.42 Å². The second-order valence-corrected chi connectivity index (χ2v) is 5.12. The molecular weight excluding hydrogens is 280 g/mol. The number of pyridine rings is 1. The number of aryl methyl sites for hydroxylation is 2. The number of hydrogen-bond acceptors (Lipinski definition) is 4. The number of amides is 1. The fraction of sp³-hybridized carbons (Fsp3) is 0.294. The van der Waals surface area contributed by atoms with Crippen LogP contribution in [0.5, 0.6) is 11.6 Å². The lowest BCUT2D eigenvalue weighted by molar-refractivity contribution is 0.0999. The zero-order valence-electron chi connectivity index (χ0n) is 13.1. The number of primary amides is 1. The SMILES string of the molecule is COc1ncc(C(N)=O)cc1OCCc1cc(C)ccc1C. The average molecular weight is 300 g/mol. The van der Waals surface area contributed by atoms with Crippen LogP contribution in [0.4, 0.5) is 0 Å². The molecule has 0 radical (unpaired) electrons. The molecule has 116 valence electrons. The number of rotatable bonds is 6. The van der Waals surface area contributed by atoms with Crippen LogP contribution in [0.1, 0.15) is 27.0 Å². The third-order valence-corrected chi connectivity index (χ3v) is 3.43. The van der Waals surface area contributed by atoms with Crippen LogP contribution in [0.15, 0.2) is 30.5 Å². The molecule has 0 fully saturated rings. The molecule has 0 saturated heterocycles. The third kappa shape index (κ3) is 3.75. The predicted molar refractivity (Wildman–Crippen MR) is 84.4 cm³/mol. The van der Waals surface area contributed by atoms with Gasteiger partial charge in [-0.25, -0.2) is 4.98 Å². The number of nitrogens with two attached hydrogens (primary N) is 1. The van der Waals surface area contributed by atoms with Gasteiger partial charge in [0, 0.05) is 18.7 Å². The van der Waals surface area contributed by atoms with Crippen molar-refractivity contribution in [1.29, 1.82) is 0 Å². The van der Waals surface area contributed by atoms with Gasteiger partial charge in [0.1, 0.15) is 0 Å². The van der Waals surface area contributed by atoms with E-state index in [0.29, 0.717) is 23.8 Å². The molecule has 22 heavy (non-hydrogen) atoms. The zero-order chi connectivity index (χ0) is 16.1. The Morgan fingerprint density at radius 3 is 2.73 bits per heavy atom. The lowest BCUT2D eigenvalue weighted by atomic mass is 10.0. The highest BCUT2D eigenvalue weighted by Gasteiger charge is 2.11. The fourth-order valence-corrected chi connectivity index (χ4v) is 2.16. The zero-order valence-corrected chi connectivity index (χ0v) is 13.1. The van der Waals surface area contributed by atoms with Gasteiger partial charge in [-0.1, -0.05) is 23.8 Å². The second kappa shape index (κ2) is 6.93. The lowest BCUT2D eigenvalue weighted by Gasteiger charge is -2.12. The molecule has 0 aliphatic rings. The van der Waals surface area contributed by atoms with Crippen molar-refractivity contribution in [3.8, 4) is 11.6 Å². The largest absolute Gasteiger partial charge is 0.488 e. The molecule has 0 unspecified atom stereocenters. The fourth-order valence-electron chi connectivity index (χ4n) is 2.16. The topological polar surface area (TPSA) is 74.4 Å². The van der Waals surface area contributed by atoms with Gasteiger partial charge in [0.05, 0.1) is 19.3 Å². The van der Waals surface area contributed by atoms with Crippen LogP contribution >= 0.6 is 0 Å². The van der Waals surface area contributed by atoms with E-state index in [1.165, 1.54) is 30.0 Å². The van der Waals surface area contributed by atoms with Gasteiger partial charge in [0.2, 0.25) is 5.91 Å². The Hall–Kier alpha value is -2.56. The highest BCUT2D eigenvalue weighted by molar-refractivity contribution is 5.92. The summed E-state index contributed by atoms with van der Waals surface area (Å²) in [6.45, 7) is 4.60. The molecule has 0 atom stereocenters. The van der Waals surface area contributed by atoms with E-state index >= 15 is 0 Å². The van der Waals surface area contributed by atoms with Crippen molar-refractivity contribution < 1.29 is 14.3 Å². The van der Waals surface area contributed by atoms with Crippen molar-refractivity contribution in [2.75, 3.05) is 13.7 Å². The Morgan fingerprint density at radius 1 is 1.27 bits per heavy atom. The van der Waals surface area contributed by atoms with Gasteiger partial charge < -0.3 is 15.2 Å². The standard InChI is InChI=1S/C17H20N2O3/c1-11-4-5-12(2)13(8-11)6-7-22-15-9-14(16(18)20)10-19-17(15)21-3/h4-5,8-10H,6-7H2,1-3H3,(H2,18,20). The number of aromatic nitrogens is 1. The maximum atomic E-state index is 11.2. The Balaban J connectivity index is 2.09. The van der Waals surface area contributed by atoms with Gasteiger partial charge in [0.25, 0.3) is 5.88 Å². The van der Waals surface area contributed by atoms with Gasteiger partial charge in [0.15, 0.2) is 5.75 Å². The van der Waals surface area contributed by atoms with Gasteiger partial charge in [-0.15, -0.1) is 0 Å². The van der Waals surface area contributed by atoms with Gasteiger partial charge in [-0.2, -0.15) is 0 Å². The first-order valence-corrected chi connectivity index (χ1v) is 7.04. The van der Waals surface area contributed by atoms with Crippen LogP contribution in [0, 0.1) is 13.8 Å². The number of ether oxygens (including phenoxy) is 2. The summed E-state index contributed by atoms with van der Waals surface area (Å²) in [4.78, 5) is 15.2. The van der Waals surface area contributed by atoms with Gasteiger partial charge in [-0.05, 0) is 25.0 Å². The van der Waals surface area contributed by atoms with E-state index in [1.807, 2.05) is 0 Å². The summed E-state index contributed by atoms with van der Waals surface area (Å²) in [5, 5.41) is 0. The smallest absolute Gasteiger partial charge is 0.256 e. The molecule has 2 rings (SSSR count). The number of methoxy groups -OCH3 is 1. The van der Waals surface area contributed by atoms with Crippen LogP contribution in [-0.4, -0.2) is 24.6 Å². The van der Waals surface area contributed by atoms with Crippen molar-refractivity contribution in [3.63, 3.8) is 0 Å². The number of benzene rings is 1. The molecule has 0 saturated carbocycles. The van der Waals surface area contributed by atoms with E-state index in [2.05, 4.69) is 37.0 Å². The molecule has 1 aromatic carbocycles. The van der Waals surface area contributed by atoms with Crippen molar-refractivity contribution >= 4 is 5.91 Å². The first-order valence-electron chi connectivity index (χ1n) is 7.04. The first kappa shape index (κ1) is 15.8. The minimum Gasteiger partial charge on any atom is -0.488 e. The molecule has 1 heterocycles. The van der Waals surface area contributed by atoms with Crippen molar-refractivity contribution in [2.45, 2.75) is 20.3 Å². The van der Waals surface area contributed by atoms with Crippen LogP contribution in [0.25, 0.3) is 0 Å². The maximum absolute atomic E-state index is 11.2. The van der Waals surface area contributed by atoms with E-state index in [1.54, 1.807) is 6.07 Å². The minimum absolute atomic E-state index is 0.294. The summed E-state index contributed by atoms with van der Waals surface area (Å²) in [7, 11) is 1.50. The molecule has 0 aliphatic carbocycles. The molecule has 1 aromatic heterocycles. The molecule has 1 amide bonds. The normalized spacial score (nSPS) is 10.3. The summed E-state index contributed by atoms with van der Waals surface area (Å²) in [6.07, 6.45) is 2.14. The van der Waals surface area contributed by atoms with E-state index in [0.717, 1.165) is 6.42 Å². The first-order chi connectivity index (χ1) is 10.5. The molecule has 0 aliphatic heterocycles. The van der Waals surface area contributed by atoms with Crippen LogP contribution < -0.4 is 15.2 Å². The number of nitrogens with zero attached hydrogens (tertiary/aromatic N) is 1. The molecule has 0 bridgehead atoms. The Morgan fingerprint density at radius 2 is 2.05 bits per heavy atom. The minimum atomic E-state index is -0.547. The Labute approximate surface area is 130 Å². The number of carbonyl (C=O) groups excluding carboxylic acids is 1. The summed E-state index contributed by atoms with van der Waals surface area (Å²) in [5.41, 5.74) is 9.23. The van der Waals surface area contributed by atoms with E-state index < -0.39 is 5.91 Å². The lowest BCUT2D eigenvalue weighted by Crippen LogP contribution is -2.12. The molecule has 5 nitrogen and oxygen atoms in total. The van der Waals surface area contributed by atoms with Crippen molar-refractivity contribution in [3.05, 3.63) is 52.7 Å². The molecule has 2 aromatic rings. The molecule has 5 heteroatoms. The second-order valence-electron chi connectivity index (χ2n) is 5.12. The highest BCUT2D eigenvalue weighted by Crippen LogP contribution is 2.25. The quantitative estimate of drug-likeness (QED) is 0.889. The maximum Gasteiger partial charge on any atom is 0.256 e. The van der Waals surface area contributed by atoms with Crippen molar-refractivity contribution in [1.82, 2.24) is 4.98 Å². The average Bonchev–Trinajstić information content (AvgIpc) is 2.50. The predicted octanol–water partition coefficient (Wildman–Crippen LogP) is 2.43. The monoisotopic (exact) mass is 300 g/mol. The van der Waals surface area contributed by atoms with E-state index in [9.17, 15) is 4.79 Å². The molecule has 0 spiro atoms. The Kier molecular flexibility index (Phi) is 4.99. The highest BCUT2D eigenvalue weighted by atomic mass is 16.5. The van der Waals surface area contributed by atoms with Gasteiger partial charge >= 0.3 is 0 Å². The molecule has 2 N–H and O–H groups in total. The van der Waals surface area contributed by atoms with Crippen LogP contribution in [0.2, 0.25) is 0 Å². The summed E-state index contributed by atoms with van der Waals surface area (Å²) < 4.78 is 10.9. The summed E-state index contributed by atoms with van der Waals surface area (Å²) in [5.74, 6) is 0.213. The van der Waals surface area contributed by atoms with Gasteiger partial charge in [-0.3, -0.25) is 4.79 Å². The third-order valence-electron chi connectivity index (χ3n) is 3.43. The number of carbonyl (C=O) groups is 1.